The van der Waals surface area contributed by atoms with E-state index in [0.717, 1.165) is 38.8 Å². The molecule has 0 heterocycles. The number of carbonyl (C=O) groups is 1. The van der Waals surface area contributed by atoms with Crippen molar-refractivity contribution in [2.75, 3.05) is 19.8 Å². The van der Waals surface area contributed by atoms with E-state index in [4.69, 9.17) is 9.47 Å². The molecule has 3 unspecified atom stereocenters. The Morgan fingerprint density at radius 1 is 1.33 bits per heavy atom. The summed E-state index contributed by atoms with van der Waals surface area (Å²) in [6.45, 7) is 10.5. The maximum atomic E-state index is 12.3. The van der Waals surface area contributed by atoms with Gasteiger partial charge in [0.2, 0.25) is 0 Å². The van der Waals surface area contributed by atoms with Gasteiger partial charge in [-0.15, -0.1) is 0 Å². The fourth-order valence-electron chi connectivity index (χ4n) is 3.07. The van der Waals surface area contributed by atoms with E-state index in [9.17, 15) is 4.79 Å². The van der Waals surface area contributed by atoms with Crippen molar-refractivity contribution in [3.8, 4) is 0 Å². The van der Waals surface area contributed by atoms with Crippen LogP contribution in [0.5, 0.6) is 0 Å². The summed E-state index contributed by atoms with van der Waals surface area (Å²) < 4.78 is 11.3. The van der Waals surface area contributed by atoms with E-state index in [1.807, 2.05) is 6.92 Å². The van der Waals surface area contributed by atoms with Crippen molar-refractivity contribution in [3.63, 3.8) is 0 Å². The molecular formula is C17H33NO3. The first-order chi connectivity index (χ1) is 10.1. The molecule has 0 aromatic heterocycles. The molecule has 1 saturated carbocycles. The summed E-state index contributed by atoms with van der Waals surface area (Å²) in [5.74, 6) is 0.488. The van der Waals surface area contributed by atoms with Gasteiger partial charge in [0.15, 0.2) is 0 Å². The summed E-state index contributed by atoms with van der Waals surface area (Å²) in [5, 5.41) is 3.42. The molecule has 1 N–H and O–H groups in total. The fraction of sp³-hybridized carbons (Fsp3) is 0.941. The van der Waals surface area contributed by atoms with E-state index in [-0.39, 0.29) is 12.1 Å². The van der Waals surface area contributed by atoms with Crippen LogP contribution in [0.25, 0.3) is 0 Å². The molecule has 0 aromatic rings. The average Bonchev–Trinajstić information content (AvgIpc) is 2.88. The van der Waals surface area contributed by atoms with Crippen molar-refractivity contribution < 1.29 is 14.3 Å². The highest BCUT2D eigenvalue weighted by molar-refractivity contribution is 5.81. The number of hydrogen-bond acceptors (Lipinski definition) is 4. The molecule has 0 bridgehead atoms. The van der Waals surface area contributed by atoms with Crippen LogP contribution in [0.2, 0.25) is 0 Å². The molecule has 4 heteroatoms. The highest BCUT2D eigenvalue weighted by Crippen LogP contribution is 2.33. The molecule has 1 aliphatic rings. The third-order valence-electron chi connectivity index (χ3n) is 4.25. The number of ether oxygens (including phenoxy) is 2. The first kappa shape index (κ1) is 18.4. The Morgan fingerprint density at radius 3 is 2.71 bits per heavy atom. The minimum atomic E-state index is -0.523. The van der Waals surface area contributed by atoms with Crippen molar-refractivity contribution in [2.24, 2.45) is 5.92 Å². The zero-order valence-electron chi connectivity index (χ0n) is 14.2. The van der Waals surface area contributed by atoms with Crippen molar-refractivity contribution in [1.82, 2.24) is 5.32 Å². The fourth-order valence-corrected chi connectivity index (χ4v) is 3.07. The Kier molecular flexibility index (Phi) is 8.27. The molecule has 21 heavy (non-hydrogen) atoms. The van der Waals surface area contributed by atoms with Crippen LogP contribution in [0.3, 0.4) is 0 Å². The van der Waals surface area contributed by atoms with Gasteiger partial charge in [0, 0.05) is 13.0 Å². The second-order valence-corrected chi connectivity index (χ2v) is 6.32. The molecule has 124 valence electrons. The van der Waals surface area contributed by atoms with E-state index < -0.39 is 5.54 Å². The lowest BCUT2D eigenvalue weighted by Gasteiger charge is -2.28. The van der Waals surface area contributed by atoms with Crippen LogP contribution in [0.1, 0.15) is 66.2 Å². The average molecular weight is 299 g/mol. The molecule has 1 fully saturated rings. The van der Waals surface area contributed by atoms with Gasteiger partial charge in [-0.3, -0.25) is 4.79 Å². The van der Waals surface area contributed by atoms with E-state index in [2.05, 4.69) is 26.1 Å². The molecule has 1 rings (SSSR count). The van der Waals surface area contributed by atoms with Gasteiger partial charge in [-0.2, -0.15) is 0 Å². The standard InChI is InChI=1S/C17H33NO3/c1-5-8-14(4)13-21-15-9-10-17(12-15,18-11-6-2)16(19)20-7-3/h14-15,18H,5-13H2,1-4H3. The Labute approximate surface area is 130 Å². The quantitative estimate of drug-likeness (QED) is 0.629. The third-order valence-corrected chi connectivity index (χ3v) is 4.25. The molecule has 1 aliphatic carbocycles. The molecule has 0 aliphatic heterocycles. The summed E-state index contributed by atoms with van der Waals surface area (Å²) in [5.41, 5.74) is -0.523. The molecule has 0 saturated heterocycles. The minimum Gasteiger partial charge on any atom is -0.465 e. The normalized spacial score (nSPS) is 26.8. The zero-order valence-corrected chi connectivity index (χ0v) is 14.2. The molecular weight excluding hydrogens is 266 g/mol. The van der Waals surface area contributed by atoms with Crippen LogP contribution in [0.4, 0.5) is 0 Å². The summed E-state index contributed by atoms with van der Waals surface area (Å²) in [7, 11) is 0. The van der Waals surface area contributed by atoms with Crippen LogP contribution in [-0.4, -0.2) is 37.4 Å². The molecule has 0 spiro atoms. The predicted octanol–water partition coefficient (Wildman–Crippen LogP) is 3.29. The number of hydrogen-bond donors (Lipinski definition) is 1. The van der Waals surface area contributed by atoms with Crippen molar-refractivity contribution in [3.05, 3.63) is 0 Å². The van der Waals surface area contributed by atoms with E-state index in [0.29, 0.717) is 12.5 Å². The first-order valence-corrected chi connectivity index (χ1v) is 8.61. The summed E-state index contributed by atoms with van der Waals surface area (Å²) in [4.78, 5) is 12.3. The van der Waals surface area contributed by atoms with Gasteiger partial charge in [0.25, 0.3) is 0 Å². The number of rotatable bonds is 10. The maximum Gasteiger partial charge on any atom is 0.326 e. The Morgan fingerprint density at radius 2 is 2.10 bits per heavy atom. The van der Waals surface area contributed by atoms with Crippen molar-refractivity contribution in [1.29, 1.82) is 0 Å². The van der Waals surface area contributed by atoms with Crippen LogP contribution in [-0.2, 0) is 14.3 Å². The topological polar surface area (TPSA) is 47.6 Å². The Balaban J connectivity index is 2.53. The summed E-state index contributed by atoms with van der Waals surface area (Å²) in [6, 6.07) is 0. The molecule has 0 amide bonds. The van der Waals surface area contributed by atoms with Gasteiger partial charge in [0.05, 0.1) is 12.7 Å². The van der Waals surface area contributed by atoms with Crippen LogP contribution < -0.4 is 5.32 Å². The molecule has 0 aromatic carbocycles. The number of carbonyl (C=O) groups excluding carboxylic acids is 1. The Hall–Kier alpha value is -0.610. The molecule has 3 atom stereocenters. The second-order valence-electron chi connectivity index (χ2n) is 6.32. The Bertz CT molecular complexity index is 308. The van der Waals surface area contributed by atoms with E-state index in [1.54, 1.807) is 0 Å². The van der Waals surface area contributed by atoms with Crippen LogP contribution >= 0.6 is 0 Å². The van der Waals surface area contributed by atoms with Crippen LogP contribution in [0, 0.1) is 5.92 Å². The second kappa shape index (κ2) is 9.42. The lowest BCUT2D eigenvalue weighted by Crippen LogP contribution is -2.51. The summed E-state index contributed by atoms with van der Waals surface area (Å²) in [6.07, 6.45) is 6.08. The lowest BCUT2D eigenvalue weighted by molar-refractivity contribution is -0.151. The van der Waals surface area contributed by atoms with Crippen molar-refractivity contribution >= 4 is 5.97 Å². The minimum absolute atomic E-state index is 0.105. The number of esters is 1. The third kappa shape index (κ3) is 5.59. The predicted molar refractivity (Wildman–Crippen MR) is 85.3 cm³/mol. The number of nitrogens with one attached hydrogen (secondary N) is 1. The molecule has 0 radical (unpaired) electrons. The van der Waals surface area contributed by atoms with Gasteiger partial charge in [-0.1, -0.05) is 27.2 Å². The van der Waals surface area contributed by atoms with Gasteiger partial charge in [0.1, 0.15) is 5.54 Å². The van der Waals surface area contributed by atoms with Gasteiger partial charge in [-0.25, -0.2) is 0 Å². The van der Waals surface area contributed by atoms with Gasteiger partial charge < -0.3 is 14.8 Å². The van der Waals surface area contributed by atoms with Crippen LogP contribution in [0.15, 0.2) is 0 Å². The zero-order chi connectivity index (χ0) is 15.7. The van der Waals surface area contributed by atoms with E-state index in [1.165, 1.54) is 12.8 Å². The highest BCUT2D eigenvalue weighted by Gasteiger charge is 2.46. The monoisotopic (exact) mass is 299 g/mol. The SMILES string of the molecule is CCCNC1(C(=O)OCC)CCC(OCC(C)CCC)C1. The highest BCUT2D eigenvalue weighted by atomic mass is 16.5. The first-order valence-electron chi connectivity index (χ1n) is 8.61. The van der Waals surface area contributed by atoms with E-state index >= 15 is 0 Å². The molecule has 4 nitrogen and oxygen atoms in total. The van der Waals surface area contributed by atoms with Gasteiger partial charge >= 0.3 is 5.97 Å². The smallest absolute Gasteiger partial charge is 0.326 e. The summed E-state index contributed by atoms with van der Waals surface area (Å²) >= 11 is 0. The van der Waals surface area contributed by atoms with Gasteiger partial charge in [-0.05, 0) is 45.1 Å². The lowest BCUT2D eigenvalue weighted by atomic mass is 9.97. The largest absolute Gasteiger partial charge is 0.465 e. The maximum absolute atomic E-state index is 12.3. The van der Waals surface area contributed by atoms with Crippen molar-refractivity contribution in [2.45, 2.75) is 77.9 Å².